The third-order valence-corrected chi connectivity index (χ3v) is 5.59. The van der Waals surface area contributed by atoms with Crippen molar-refractivity contribution in [3.63, 3.8) is 0 Å². The molecule has 1 aliphatic carbocycles. The molecule has 1 fully saturated rings. The first-order valence-corrected chi connectivity index (χ1v) is 10.4. The molecule has 0 radical (unpaired) electrons. The summed E-state index contributed by atoms with van der Waals surface area (Å²) in [6, 6.07) is 18.5. The summed E-state index contributed by atoms with van der Waals surface area (Å²) in [5, 5.41) is 0. The summed E-state index contributed by atoms with van der Waals surface area (Å²) in [5.41, 5.74) is 0.827. The Morgan fingerprint density at radius 1 is 1.00 bits per heavy atom. The SMILES string of the molecule is COc1ccc(N(C(=O)c2ccc(COc3ccccc3OC)o2)C(C)C2CC2)cc1. The van der Waals surface area contributed by atoms with Gasteiger partial charge in [0.1, 0.15) is 18.1 Å². The Morgan fingerprint density at radius 2 is 1.71 bits per heavy atom. The van der Waals surface area contributed by atoms with Crippen LogP contribution in [-0.2, 0) is 6.61 Å². The van der Waals surface area contributed by atoms with Gasteiger partial charge in [0.25, 0.3) is 5.91 Å². The second-order valence-electron chi connectivity index (χ2n) is 7.66. The average molecular weight is 421 g/mol. The number of rotatable bonds is 9. The number of benzene rings is 2. The van der Waals surface area contributed by atoms with E-state index in [2.05, 4.69) is 6.92 Å². The Bertz CT molecular complexity index is 1020. The number of carbonyl (C=O) groups excluding carboxylic acids is 1. The normalized spacial score (nSPS) is 14.0. The van der Waals surface area contributed by atoms with Gasteiger partial charge in [0, 0.05) is 11.7 Å². The minimum Gasteiger partial charge on any atom is -0.497 e. The van der Waals surface area contributed by atoms with E-state index in [1.54, 1.807) is 26.4 Å². The largest absolute Gasteiger partial charge is 0.497 e. The predicted octanol–water partition coefficient (Wildman–Crippen LogP) is 5.32. The Hall–Kier alpha value is -3.41. The molecule has 2 aromatic carbocycles. The van der Waals surface area contributed by atoms with Gasteiger partial charge >= 0.3 is 0 Å². The molecule has 0 saturated heterocycles. The van der Waals surface area contributed by atoms with Crippen molar-refractivity contribution in [2.75, 3.05) is 19.1 Å². The van der Waals surface area contributed by atoms with Crippen molar-refractivity contribution in [2.24, 2.45) is 5.92 Å². The quantitative estimate of drug-likeness (QED) is 0.468. The summed E-state index contributed by atoms with van der Waals surface area (Å²) < 4.78 is 22.2. The third-order valence-electron chi connectivity index (χ3n) is 5.59. The molecule has 1 amide bonds. The van der Waals surface area contributed by atoms with Crippen LogP contribution in [-0.4, -0.2) is 26.2 Å². The van der Waals surface area contributed by atoms with Gasteiger partial charge in [-0.1, -0.05) is 12.1 Å². The number of methoxy groups -OCH3 is 2. The van der Waals surface area contributed by atoms with Crippen molar-refractivity contribution in [1.82, 2.24) is 0 Å². The van der Waals surface area contributed by atoms with Crippen LogP contribution in [0, 0.1) is 5.92 Å². The molecular formula is C25H27NO5. The fraction of sp³-hybridized carbons (Fsp3) is 0.320. The zero-order valence-electron chi connectivity index (χ0n) is 18.0. The van der Waals surface area contributed by atoms with Gasteiger partial charge < -0.3 is 23.5 Å². The number of para-hydroxylation sites is 2. The minimum atomic E-state index is -0.159. The lowest BCUT2D eigenvalue weighted by Gasteiger charge is -2.29. The molecule has 3 aromatic rings. The highest BCUT2D eigenvalue weighted by atomic mass is 16.5. The number of amides is 1. The monoisotopic (exact) mass is 421 g/mol. The number of anilines is 1. The standard InChI is InChI=1S/C25H27NO5/c1-17(18-8-9-18)26(19-10-12-20(28-2)13-11-19)25(27)24-15-14-21(31-24)16-30-23-7-5-4-6-22(23)29-3/h4-7,10-15,17-18H,8-9,16H2,1-3H3. The number of ether oxygens (including phenoxy) is 3. The van der Waals surface area contributed by atoms with E-state index in [1.165, 1.54) is 0 Å². The van der Waals surface area contributed by atoms with Crippen LogP contribution in [0.2, 0.25) is 0 Å². The van der Waals surface area contributed by atoms with Crippen LogP contribution in [0.25, 0.3) is 0 Å². The van der Waals surface area contributed by atoms with E-state index in [9.17, 15) is 4.79 Å². The minimum absolute atomic E-state index is 0.0827. The van der Waals surface area contributed by atoms with E-state index in [0.29, 0.717) is 28.9 Å². The molecule has 4 rings (SSSR count). The smallest absolute Gasteiger partial charge is 0.294 e. The highest BCUT2D eigenvalue weighted by Crippen LogP contribution is 2.38. The first-order valence-electron chi connectivity index (χ1n) is 10.4. The van der Waals surface area contributed by atoms with Crippen LogP contribution in [0.5, 0.6) is 17.2 Å². The molecule has 1 saturated carbocycles. The van der Waals surface area contributed by atoms with E-state index in [4.69, 9.17) is 18.6 Å². The molecule has 0 spiro atoms. The van der Waals surface area contributed by atoms with Crippen molar-refractivity contribution in [3.05, 3.63) is 72.2 Å². The summed E-state index contributed by atoms with van der Waals surface area (Å²) in [6.45, 7) is 2.29. The van der Waals surface area contributed by atoms with Gasteiger partial charge in [-0.05, 0) is 74.2 Å². The van der Waals surface area contributed by atoms with E-state index in [0.717, 1.165) is 24.3 Å². The van der Waals surface area contributed by atoms with Crippen molar-refractivity contribution in [3.8, 4) is 17.2 Å². The highest BCUT2D eigenvalue weighted by molar-refractivity contribution is 6.04. The fourth-order valence-corrected chi connectivity index (χ4v) is 3.65. The van der Waals surface area contributed by atoms with Gasteiger partial charge in [0.2, 0.25) is 0 Å². The lowest BCUT2D eigenvalue weighted by Crippen LogP contribution is -2.40. The Balaban J connectivity index is 1.51. The van der Waals surface area contributed by atoms with Crippen LogP contribution >= 0.6 is 0 Å². The lowest BCUT2D eigenvalue weighted by atomic mass is 10.1. The van der Waals surface area contributed by atoms with Crippen LogP contribution in [0.15, 0.2) is 65.1 Å². The summed E-state index contributed by atoms with van der Waals surface area (Å²) >= 11 is 0. The van der Waals surface area contributed by atoms with Gasteiger partial charge in [-0.2, -0.15) is 0 Å². The van der Waals surface area contributed by atoms with Crippen molar-refractivity contribution in [2.45, 2.75) is 32.4 Å². The van der Waals surface area contributed by atoms with Gasteiger partial charge in [-0.25, -0.2) is 0 Å². The molecule has 0 N–H and O–H groups in total. The zero-order chi connectivity index (χ0) is 21.8. The van der Waals surface area contributed by atoms with Gasteiger partial charge in [0.15, 0.2) is 17.3 Å². The number of hydrogen-bond acceptors (Lipinski definition) is 5. The van der Waals surface area contributed by atoms with E-state index >= 15 is 0 Å². The van der Waals surface area contributed by atoms with Crippen molar-refractivity contribution < 1.29 is 23.4 Å². The fourth-order valence-electron chi connectivity index (χ4n) is 3.65. The van der Waals surface area contributed by atoms with E-state index < -0.39 is 0 Å². The van der Waals surface area contributed by atoms with Crippen LogP contribution < -0.4 is 19.1 Å². The molecule has 6 heteroatoms. The van der Waals surface area contributed by atoms with Crippen LogP contribution in [0.3, 0.4) is 0 Å². The van der Waals surface area contributed by atoms with Crippen LogP contribution in [0.1, 0.15) is 36.1 Å². The number of carbonyl (C=O) groups is 1. The second kappa shape index (κ2) is 9.16. The van der Waals surface area contributed by atoms with Gasteiger partial charge in [0.05, 0.1) is 14.2 Å². The number of nitrogens with zero attached hydrogens (tertiary/aromatic N) is 1. The summed E-state index contributed by atoms with van der Waals surface area (Å²) in [7, 11) is 3.23. The van der Waals surface area contributed by atoms with E-state index in [-0.39, 0.29) is 18.6 Å². The van der Waals surface area contributed by atoms with Crippen molar-refractivity contribution in [1.29, 1.82) is 0 Å². The molecule has 1 aromatic heterocycles. The number of furan rings is 1. The molecule has 1 atom stereocenters. The number of hydrogen-bond donors (Lipinski definition) is 0. The van der Waals surface area contributed by atoms with Crippen LogP contribution in [0.4, 0.5) is 5.69 Å². The molecule has 162 valence electrons. The summed E-state index contributed by atoms with van der Waals surface area (Å²) in [6.07, 6.45) is 2.27. The maximum absolute atomic E-state index is 13.4. The Labute approximate surface area is 182 Å². The Kier molecular flexibility index (Phi) is 6.16. The maximum Gasteiger partial charge on any atom is 0.294 e. The molecular weight excluding hydrogens is 394 g/mol. The highest BCUT2D eigenvalue weighted by Gasteiger charge is 2.36. The average Bonchev–Trinajstić information content (AvgIpc) is 3.56. The Morgan fingerprint density at radius 3 is 2.35 bits per heavy atom. The van der Waals surface area contributed by atoms with Crippen molar-refractivity contribution >= 4 is 11.6 Å². The molecule has 1 unspecified atom stereocenters. The van der Waals surface area contributed by atoms with Gasteiger partial charge in [-0.3, -0.25) is 4.79 Å². The lowest BCUT2D eigenvalue weighted by molar-refractivity contribution is 0.0944. The first-order chi connectivity index (χ1) is 15.1. The molecule has 1 aliphatic rings. The second-order valence-corrected chi connectivity index (χ2v) is 7.66. The maximum atomic E-state index is 13.4. The van der Waals surface area contributed by atoms with E-state index in [1.807, 2.05) is 53.4 Å². The molecule has 31 heavy (non-hydrogen) atoms. The molecule has 6 nitrogen and oxygen atoms in total. The molecule has 0 bridgehead atoms. The first kappa shape index (κ1) is 20.8. The zero-order valence-corrected chi connectivity index (χ0v) is 18.0. The van der Waals surface area contributed by atoms with Gasteiger partial charge in [-0.15, -0.1) is 0 Å². The topological polar surface area (TPSA) is 61.1 Å². The third kappa shape index (κ3) is 4.68. The molecule has 1 heterocycles. The predicted molar refractivity (Wildman–Crippen MR) is 118 cm³/mol. The molecule has 0 aliphatic heterocycles. The summed E-state index contributed by atoms with van der Waals surface area (Å²) in [5.74, 6) is 3.24. The summed E-state index contributed by atoms with van der Waals surface area (Å²) in [4.78, 5) is 15.2.